The zero-order valence-electron chi connectivity index (χ0n) is 19.3. The van der Waals surface area contributed by atoms with E-state index in [0.29, 0.717) is 0 Å². The molecule has 0 atom stereocenters. The van der Waals surface area contributed by atoms with E-state index in [9.17, 15) is 4.79 Å². The zero-order valence-corrected chi connectivity index (χ0v) is 21.7. The minimum Gasteiger partial charge on any atom is -0.477 e. The van der Waals surface area contributed by atoms with Gasteiger partial charge in [-0.1, -0.05) is 60.0 Å². The topological polar surface area (TPSA) is 68.0 Å². The molecule has 0 bridgehead atoms. The second-order valence-electron chi connectivity index (χ2n) is 8.41. The van der Waals surface area contributed by atoms with Crippen LogP contribution in [0.4, 0.5) is 0 Å². The van der Waals surface area contributed by atoms with Crippen LogP contribution in [-0.4, -0.2) is 25.6 Å². The monoisotopic (exact) mass is 647 g/mol. The van der Waals surface area contributed by atoms with Gasteiger partial charge in [0.25, 0.3) is 0 Å². The Bertz CT molecular complexity index is 1790. The van der Waals surface area contributed by atoms with Crippen molar-refractivity contribution in [1.82, 2.24) is 14.5 Å². The number of aryl methyl sites for hydroxylation is 1. The molecular weight excluding hydrogens is 627 g/mol. The molecule has 1 radical (unpaired) electrons. The summed E-state index contributed by atoms with van der Waals surface area (Å²) in [5.74, 6) is -0.990. The van der Waals surface area contributed by atoms with Crippen molar-refractivity contribution in [1.29, 1.82) is 0 Å². The Morgan fingerprint density at radius 2 is 1.69 bits per heavy atom. The quantitative estimate of drug-likeness (QED) is 0.215. The van der Waals surface area contributed by atoms with E-state index in [4.69, 9.17) is 10.1 Å². The van der Waals surface area contributed by atoms with E-state index in [2.05, 4.69) is 95.5 Å². The van der Waals surface area contributed by atoms with Crippen LogP contribution in [-0.2, 0) is 27.2 Å². The summed E-state index contributed by atoms with van der Waals surface area (Å²) >= 11 is 0. The van der Waals surface area contributed by atoms with E-state index in [0.717, 1.165) is 16.8 Å². The second-order valence-corrected chi connectivity index (χ2v) is 8.41. The molecule has 1 N–H and O–H groups in total. The summed E-state index contributed by atoms with van der Waals surface area (Å²) in [5.41, 5.74) is 8.08. The Kier molecular flexibility index (Phi) is 6.23. The van der Waals surface area contributed by atoms with Crippen molar-refractivity contribution in [2.24, 2.45) is 7.05 Å². The van der Waals surface area contributed by atoms with Gasteiger partial charge in [-0.05, 0) is 52.0 Å². The van der Waals surface area contributed by atoms with Crippen LogP contribution in [0.15, 0.2) is 85.1 Å². The fourth-order valence-electron chi connectivity index (χ4n) is 4.67. The van der Waals surface area contributed by atoms with E-state index in [1.54, 1.807) is 12.1 Å². The molecule has 1 aliphatic rings. The minimum atomic E-state index is -0.990. The molecule has 36 heavy (non-hydrogen) atoms. The molecule has 6 heteroatoms. The number of fused-ring (bicyclic) bond motifs is 3. The molecule has 1 aliphatic carbocycles. The number of carboxylic acid groups (broad SMARTS) is 1. The third-order valence-corrected chi connectivity index (χ3v) is 6.34. The molecule has 3 heterocycles. The molecule has 0 aliphatic heterocycles. The first-order valence-electron chi connectivity index (χ1n) is 11.3. The predicted molar refractivity (Wildman–Crippen MR) is 140 cm³/mol. The van der Waals surface area contributed by atoms with Gasteiger partial charge in [-0.25, -0.2) is 9.78 Å². The van der Waals surface area contributed by atoms with Crippen LogP contribution in [0.3, 0.4) is 0 Å². The molecule has 3 aromatic carbocycles. The molecular formula is C30H20IrN3O2-. The molecule has 0 saturated heterocycles. The number of benzene rings is 3. The van der Waals surface area contributed by atoms with Crippen LogP contribution in [0.1, 0.15) is 21.6 Å². The zero-order chi connectivity index (χ0) is 23.9. The number of carbonyl (C=O) groups is 1. The van der Waals surface area contributed by atoms with Gasteiger partial charge in [0.1, 0.15) is 5.69 Å². The fraction of sp³-hybridized carbons (Fsp3) is 0.0333. The average Bonchev–Trinajstić information content (AvgIpc) is 3.45. The predicted octanol–water partition coefficient (Wildman–Crippen LogP) is 6.61. The number of para-hydroxylation sites is 1. The molecule has 7 rings (SSSR count). The first-order valence-corrected chi connectivity index (χ1v) is 11.3. The minimum absolute atomic E-state index is 0. The third kappa shape index (κ3) is 4.01. The van der Waals surface area contributed by atoms with Gasteiger partial charge in [0.15, 0.2) is 0 Å². The molecule has 0 spiro atoms. The van der Waals surface area contributed by atoms with E-state index in [-0.39, 0.29) is 25.8 Å². The van der Waals surface area contributed by atoms with Gasteiger partial charge in [-0.3, -0.25) is 4.98 Å². The van der Waals surface area contributed by atoms with E-state index in [1.165, 1.54) is 50.6 Å². The summed E-state index contributed by atoms with van der Waals surface area (Å²) in [6.45, 7) is 0. The van der Waals surface area contributed by atoms with Gasteiger partial charge in [0.2, 0.25) is 0 Å². The van der Waals surface area contributed by atoms with Crippen LogP contribution in [0.25, 0.3) is 56.1 Å². The van der Waals surface area contributed by atoms with Crippen LogP contribution >= 0.6 is 0 Å². The van der Waals surface area contributed by atoms with Gasteiger partial charge in [0.05, 0.1) is 5.52 Å². The Hall–Kier alpha value is -4.12. The molecule has 0 fully saturated rings. The maximum Gasteiger partial charge on any atom is 0.354 e. The number of carboxylic acids is 1. The van der Waals surface area contributed by atoms with Crippen LogP contribution in [0.2, 0.25) is 0 Å². The number of hydrogen-bond acceptors (Lipinski definition) is 3. The third-order valence-electron chi connectivity index (χ3n) is 6.34. The Labute approximate surface area is 221 Å². The average molecular weight is 647 g/mol. The second kappa shape index (κ2) is 9.50. The number of aromatic carboxylic acids is 1. The number of hydrogen-bond donors (Lipinski definition) is 1. The number of pyridine rings is 2. The fourth-order valence-corrected chi connectivity index (χ4v) is 4.67. The van der Waals surface area contributed by atoms with Crippen molar-refractivity contribution in [3.05, 3.63) is 108 Å². The number of rotatable bonds is 2. The smallest absolute Gasteiger partial charge is 0.354 e. The molecule has 5 nitrogen and oxygen atoms in total. The molecule has 0 unspecified atom stereocenters. The Morgan fingerprint density at radius 3 is 2.47 bits per heavy atom. The summed E-state index contributed by atoms with van der Waals surface area (Å²) in [5, 5.41) is 12.1. The van der Waals surface area contributed by atoms with Crippen LogP contribution in [0.5, 0.6) is 0 Å². The van der Waals surface area contributed by atoms with Crippen molar-refractivity contribution < 1.29 is 30.0 Å². The number of nitrogens with zero attached hydrogens (tertiary/aromatic N) is 3. The van der Waals surface area contributed by atoms with Gasteiger partial charge < -0.3 is 9.67 Å². The summed E-state index contributed by atoms with van der Waals surface area (Å²) in [6, 6.07) is 29.5. The molecule has 0 saturated carbocycles. The Balaban J connectivity index is 0.000000229. The first-order chi connectivity index (χ1) is 17.1. The van der Waals surface area contributed by atoms with Crippen molar-refractivity contribution >= 4 is 50.8 Å². The van der Waals surface area contributed by atoms with Gasteiger partial charge in [-0.15, -0.1) is 23.8 Å². The van der Waals surface area contributed by atoms with E-state index in [1.807, 2.05) is 0 Å². The standard InChI is InChI=1S/C24H15N2.C6H5NO2.Ir/c1-26-22-8-3-2-6-18(22)19-13-16(11-12-23(19)26)21-14-17-10-9-15-5-4-7-20(25-21)24(15)17;8-6(9)5-3-1-2-4-7-5;/h2-10,12-14H,1H3;1-4H,(H,8,9);/q-1;;. The normalized spacial score (nSPS) is 11.4. The molecule has 6 aromatic rings. The summed E-state index contributed by atoms with van der Waals surface area (Å²) in [7, 11) is 2.11. The largest absolute Gasteiger partial charge is 0.477 e. The SMILES string of the molecule is Cn1c2c[c-]c(-c3cc4c5c(cccc5n3)C=C4)cc2c2ccccc21.O=C(O)c1ccccn1.[Ir]. The van der Waals surface area contributed by atoms with Crippen molar-refractivity contribution in [2.45, 2.75) is 0 Å². The van der Waals surface area contributed by atoms with Gasteiger partial charge in [-0.2, -0.15) is 0 Å². The molecule has 3 aromatic heterocycles. The molecule has 0 amide bonds. The summed E-state index contributed by atoms with van der Waals surface area (Å²) < 4.78 is 2.23. The van der Waals surface area contributed by atoms with Crippen molar-refractivity contribution in [3.8, 4) is 11.3 Å². The summed E-state index contributed by atoms with van der Waals surface area (Å²) in [4.78, 5) is 18.6. The van der Waals surface area contributed by atoms with Crippen molar-refractivity contribution in [3.63, 3.8) is 0 Å². The number of aromatic nitrogens is 3. The van der Waals surface area contributed by atoms with Gasteiger partial charge >= 0.3 is 5.97 Å². The first kappa shape index (κ1) is 23.6. The van der Waals surface area contributed by atoms with Crippen LogP contribution < -0.4 is 0 Å². The maximum absolute atomic E-state index is 10.1. The molecule has 177 valence electrons. The van der Waals surface area contributed by atoms with E-state index < -0.39 is 5.97 Å². The maximum atomic E-state index is 10.1. The Morgan fingerprint density at radius 1 is 0.889 bits per heavy atom. The van der Waals surface area contributed by atoms with E-state index >= 15 is 0 Å². The van der Waals surface area contributed by atoms with Gasteiger partial charge in [0, 0.05) is 44.3 Å². The van der Waals surface area contributed by atoms with Crippen molar-refractivity contribution in [2.75, 3.05) is 0 Å². The van der Waals surface area contributed by atoms with Crippen LogP contribution in [0, 0.1) is 6.07 Å². The summed E-state index contributed by atoms with van der Waals surface area (Å²) in [6.07, 6.45) is 5.80.